The van der Waals surface area contributed by atoms with Crippen LogP contribution >= 0.6 is 0 Å². The van der Waals surface area contributed by atoms with Gasteiger partial charge in [-0.15, -0.1) is 0 Å². The average Bonchev–Trinajstić information content (AvgIpc) is 2.49. The second kappa shape index (κ2) is 3.51. The van der Waals surface area contributed by atoms with Gasteiger partial charge in [0.05, 0.1) is 18.2 Å². The Kier molecular flexibility index (Phi) is 2.49. The van der Waals surface area contributed by atoms with Gasteiger partial charge < -0.3 is 15.4 Å². The summed E-state index contributed by atoms with van der Waals surface area (Å²) >= 11 is 0. The number of carbonyl (C=O) groups is 1. The van der Waals surface area contributed by atoms with Crippen LogP contribution in [0.25, 0.3) is 0 Å². The van der Waals surface area contributed by atoms with Crippen LogP contribution in [0.1, 0.15) is 26.2 Å². The molecule has 2 aliphatic heterocycles. The lowest BCUT2D eigenvalue weighted by molar-refractivity contribution is -0.138. The maximum absolute atomic E-state index is 11.8. The highest BCUT2D eigenvalue weighted by Crippen LogP contribution is 2.29. The molecule has 2 unspecified atom stereocenters. The predicted molar refractivity (Wildman–Crippen MR) is 52.8 cm³/mol. The number of likely N-dealkylation sites (tertiary alicyclic amines) is 1. The third-order valence-corrected chi connectivity index (χ3v) is 3.32. The minimum Gasteiger partial charge on any atom is -0.379 e. The second-order valence-electron chi connectivity index (χ2n) is 4.54. The van der Waals surface area contributed by atoms with Gasteiger partial charge in [0.2, 0.25) is 5.91 Å². The first-order valence-corrected chi connectivity index (χ1v) is 5.28. The fraction of sp³-hybridized carbons (Fsp3) is 0.900. The van der Waals surface area contributed by atoms with Crippen molar-refractivity contribution >= 4 is 5.91 Å². The molecule has 0 bridgehead atoms. The molecule has 80 valence electrons. The van der Waals surface area contributed by atoms with E-state index in [4.69, 9.17) is 10.5 Å². The van der Waals surface area contributed by atoms with Crippen LogP contribution in [-0.2, 0) is 9.53 Å². The number of ether oxygens (including phenoxy) is 1. The highest BCUT2D eigenvalue weighted by atomic mass is 16.5. The van der Waals surface area contributed by atoms with E-state index >= 15 is 0 Å². The van der Waals surface area contributed by atoms with Gasteiger partial charge in [0.1, 0.15) is 0 Å². The Labute approximate surface area is 84.4 Å². The summed E-state index contributed by atoms with van der Waals surface area (Å²) in [5.41, 5.74) is 5.59. The molecule has 1 amide bonds. The molecule has 4 heteroatoms. The van der Waals surface area contributed by atoms with E-state index < -0.39 is 0 Å². The van der Waals surface area contributed by atoms with Crippen molar-refractivity contribution in [1.29, 1.82) is 0 Å². The minimum absolute atomic E-state index is 0.0954. The summed E-state index contributed by atoms with van der Waals surface area (Å²) in [5, 5.41) is 0. The zero-order chi connectivity index (χ0) is 10.2. The number of carbonyl (C=O) groups excluding carboxylic acids is 1. The van der Waals surface area contributed by atoms with Crippen molar-refractivity contribution < 1.29 is 9.53 Å². The van der Waals surface area contributed by atoms with Crippen LogP contribution in [0.5, 0.6) is 0 Å². The van der Waals surface area contributed by atoms with Gasteiger partial charge in [-0.2, -0.15) is 0 Å². The predicted octanol–water partition coefficient (Wildman–Crippen LogP) is 0.115. The summed E-state index contributed by atoms with van der Waals surface area (Å²) in [4.78, 5) is 13.7. The quantitative estimate of drug-likeness (QED) is 0.651. The van der Waals surface area contributed by atoms with Crippen molar-refractivity contribution in [3.63, 3.8) is 0 Å². The number of hydrogen-bond acceptors (Lipinski definition) is 3. The Bertz CT molecular complexity index is 236. The molecule has 2 N–H and O–H groups in total. The van der Waals surface area contributed by atoms with E-state index in [1.807, 2.05) is 4.90 Å². The van der Waals surface area contributed by atoms with Crippen LogP contribution in [0, 0.1) is 0 Å². The van der Waals surface area contributed by atoms with E-state index in [0.29, 0.717) is 6.61 Å². The summed E-state index contributed by atoms with van der Waals surface area (Å²) < 4.78 is 5.45. The number of amides is 1. The number of nitrogens with zero attached hydrogens (tertiary/aromatic N) is 1. The number of rotatable bonds is 1. The molecule has 2 fully saturated rings. The molecule has 2 rings (SSSR count). The Morgan fingerprint density at radius 2 is 2.43 bits per heavy atom. The number of nitrogens with two attached hydrogens (primary N) is 1. The van der Waals surface area contributed by atoms with E-state index in [1.165, 1.54) is 0 Å². The van der Waals surface area contributed by atoms with E-state index in [0.717, 1.165) is 32.4 Å². The van der Waals surface area contributed by atoms with Gasteiger partial charge in [0.25, 0.3) is 0 Å². The highest BCUT2D eigenvalue weighted by Gasteiger charge is 2.42. The molecule has 2 atom stereocenters. The lowest BCUT2D eigenvalue weighted by Crippen LogP contribution is -2.54. The molecule has 0 aromatic heterocycles. The van der Waals surface area contributed by atoms with Gasteiger partial charge >= 0.3 is 0 Å². The summed E-state index contributed by atoms with van der Waals surface area (Å²) in [6.07, 6.45) is 2.86. The minimum atomic E-state index is -0.284. The molecular weight excluding hydrogens is 180 g/mol. The van der Waals surface area contributed by atoms with Crippen LogP contribution in [0.2, 0.25) is 0 Å². The van der Waals surface area contributed by atoms with Crippen LogP contribution < -0.4 is 5.73 Å². The van der Waals surface area contributed by atoms with Crippen molar-refractivity contribution in [2.75, 3.05) is 19.8 Å². The van der Waals surface area contributed by atoms with Gasteiger partial charge in [0.15, 0.2) is 0 Å². The maximum Gasteiger partial charge on any atom is 0.240 e. The second-order valence-corrected chi connectivity index (χ2v) is 4.54. The first-order valence-electron chi connectivity index (χ1n) is 5.28. The summed E-state index contributed by atoms with van der Waals surface area (Å²) in [7, 11) is 0. The summed E-state index contributed by atoms with van der Waals surface area (Å²) in [5.74, 6) is 0.0954. The van der Waals surface area contributed by atoms with Crippen molar-refractivity contribution in [2.24, 2.45) is 5.73 Å². The lowest BCUT2D eigenvalue weighted by atomic mass is 9.93. The van der Waals surface area contributed by atoms with E-state index in [1.54, 1.807) is 0 Å². The van der Waals surface area contributed by atoms with Crippen LogP contribution in [0.4, 0.5) is 0 Å². The first-order chi connectivity index (χ1) is 6.63. The highest BCUT2D eigenvalue weighted by molar-refractivity contribution is 5.84. The standard InChI is InChI=1S/C10H18N2O2/c1-10(4-2-6-14-7-10)12-5-3-8(11)9(12)13/h8H,2-7,11H2,1H3. The Hall–Kier alpha value is -0.610. The first kappa shape index (κ1) is 9.93. The van der Waals surface area contributed by atoms with Crippen LogP contribution in [0.3, 0.4) is 0 Å². The fourth-order valence-electron chi connectivity index (χ4n) is 2.37. The summed E-state index contributed by atoms with van der Waals surface area (Å²) in [6.45, 7) is 4.37. The van der Waals surface area contributed by atoms with Gasteiger partial charge in [-0.05, 0) is 26.2 Å². The van der Waals surface area contributed by atoms with Crippen molar-refractivity contribution in [3.8, 4) is 0 Å². The summed E-state index contributed by atoms with van der Waals surface area (Å²) in [6, 6.07) is -0.284. The Morgan fingerprint density at radius 1 is 1.64 bits per heavy atom. The third kappa shape index (κ3) is 1.53. The fourth-order valence-corrected chi connectivity index (χ4v) is 2.37. The zero-order valence-electron chi connectivity index (χ0n) is 8.66. The van der Waals surface area contributed by atoms with Gasteiger partial charge in [-0.3, -0.25) is 4.79 Å². The third-order valence-electron chi connectivity index (χ3n) is 3.32. The molecule has 0 saturated carbocycles. The van der Waals surface area contributed by atoms with E-state index in [-0.39, 0.29) is 17.5 Å². The smallest absolute Gasteiger partial charge is 0.240 e. The van der Waals surface area contributed by atoms with Crippen LogP contribution in [-0.4, -0.2) is 42.1 Å². The Balaban J connectivity index is 2.09. The zero-order valence-corrected chi connectivity index (χ0v) is 8.66. The van der Waals surface area contributed by atoms with Crippen molar-refractivity contribution in [2.45, 2.75) is 37.8 Å². The topological polar surface area (TPSA) is 55.6 Å². The van der Waals surface area contributed by atoms with Crippen molar-refractivity contribution in [3.05, 3.63) is 0 Å². The average molecular weight is 198 g/mol. The van der Waals surface area contributed by atoms with E-state index in [9.17, 15) is 4.79 Å². The lowest BCUT2D eigenvalue weighted by Gasteiger charge is -2.41. The van der Waals surface area contributed by atoms with E-state index in [2.05, 4.69) is 6.92 Å². The number of hydrogen-bond donors (Lipinski definition) is 1. The van der Waals surface area contributed by atoms with Crippen molar-refractivity contribution in [1.82, 2.24) is 4.90 Å². The molecule has 0 spiro atoms. The molecular formula is C10H18N2O2. The molecule has 0 aromatic rings. The monoisotopic (exact) mass is 198 g/mol. The van der Waals surface area contributed by atoms with Crippen LogP contribution in [0.15, 0.2) is 0 Å². The molecule has 4 nitrogen and oxygen atoms in total. The maximum atomic E-state index is 11.8. The van der Waals surface area contributed by atoms with Gasteiger partial charge in [-0.25, -0.2) is 0 Å². The SMILES string of the molecule is CC1(N2CCC(N)C2=O)CCCOC1. The normalized spacial score (nSPS) is 39.1. The molecule has 0 aromatic carbocycles. The van der Waals surface area contributed by atoms with Gasteiger partial charge in [0, 0.05) is 13.2 Å². The molecule has 2 heterocycles. The largest absolute Gasteiger partial charge is 0.379 e. The molecule has 0 radical (unpaired) electrons. The Morgan fingerprint density at radius 3 is 2.93 bits per heavy atom. The molecule has 2 aliphatic rings. The molecule has 2 saturated heterocycles. The molecule has 0 aliphatic carbocycles. The molecule has 14 heavy (non-hydrogen) atoms. The van der Waals surface area contributed by atoms with Gasteiger partial charge in [-0.1, -0.05) is 0 Å².